The van der Waals surface area contributed by atoms with Crippen molar-refractivity contribution in [2.24, 2.45) is 5.41 Å². The fourth-order valence-electron chi connectivity index (χ4n) is 3.19. The molecule has 0 aliphatic carbocycles. The lowest BCUT2D eigenvalue weighted by molar-refractivity contribution is 0.251. The lowest BCUT2D eigenvalue weighted by atomic mass is 9.82. The van der Waals surface area contributed by atoms with Crippen LogP contribution in [0.3, 0.4) is 0 Å². The highest BCUT2D eigenvalue weighted by Gasteiger charge is 2.25. The molecule has 0 aliphatic heterocycles. The third-order valence-corrected chi connectivity index (χ3v) is 4.93. The number of methoxy groups -OCH3 is 1. The van der Waals surface area contributed by atoms with Crippen molar-refractivity contribution in [3.05, 3.63) is 71.3 Å². The molecule has 0 amide bonds. The number of nitrogens with zero attached hydrogens (tertiary/aromatic N) is 3. The molecular weight excluding hydrogens is 356 g/mol. The van der Waals surface area contributed by atoms with Crippen molar-refractivity contribution in [1.29, 1.82) is 0 Å². The third-order valence-electron chi connectivity index (χ3n) is 4.52. The number of hydrogen-bond donors (Lipinski definition) is 1. The molecule has 142 valence electrons. The number of nitrogens with one attached hydrogen (secondary N) is 1. The maximum Gasteiger partial charge on any atom is 0.203 e. The summed E-state index contributed by atoms with van der Waals surface area (Å²) >= 11 is 5.64. The van der Waals surface area contributed by atoms with Crippen molar-refractivity contribution in [3.8, 4) is 11.4 Å². The van der Waals surface area contributed by atoms with E-state index in [9.17, 15) is 0 Å². The van der Waals surface area contributed by atoms with Gasteiger partial charge in [-0.2, -0.15) is 5.10 Å². The van der Waals surface area contributed by atoms with E-state index >= 15 is 0 Å². The molecule has 0 aliphatic rings. The molecular formula is C21H26N4OS. The maximum absolute atomic E-state index is 5.64. The van der Waals surface area contributed by atoms with Crippen molar-refractivity contribution in [2.75, 3.05) is 7.11 Å². The second-order valence-corrected chi connectivity index (χ2v) is 7.89. The summed E-state index contributed by atoms with van der Waals surface area (Å²) in [4.78, 5) is 0. The SMILES string of the molecule is COc1ccccc1-n1cnn(CN[C@H](c2ccccc2)C(C)(C)C)c1=S. The van der Waals surface area contributed by atoms with E-state index < -0.39 is 0 Å². The van der Waals surface area contributed by atoms with Crippen LogP contribution >= 0.6 is 12.2 Å². The number of hydrogen-bond acceptors (Lipinski definition) is 4. The molecule has 0 saturated carbocycles. The quantitative estimate of drug-likeness (QED) is 0.625. The molecule has 3 rings (SSSR count). The Morgan fingerprint density at radius 1 is 1.07 bits per heavy atom. The van der Waals surface area contributed by atoms with E-state index in [4.69, 9.17) is 17.0 Å². The van der Waals surface area contributed by atoms with Crippen LogP contribution in [0.2, 0.25) is 0 Å². The van der Waals surface area contributed by atoms with Gasteiger partial charge in [0.05, 0.1) is 19.5 Å². The number of benzene rings is 2. The summed E-state index contributed by atoms with van der Waals surface area (Å²) in [6.07, 6.45) is 1.73. The molecule has 1 atom stereocenters. The molecule has 0 radical (unpaired) electrons. The Hall–Kier alpha value is -2.44. The van der Waals surface area contributed by atoms with Crippen LogP contribution in [0.25, 0.3) is 5.69 Å². The summed E-state index contributed by atoms with van der Waals surface area (Å²) in [7, 11) is 1.65. The fourth-order valence-corrected chi connectivity index (χ4v) is 3.44. The number of para-hydroxylation sites is 2. The van der Waals surface area contributed by atoms with Gasteiger partial charge in [-0.05, 0) is 35.3 Å². The van der Waals surface area contributed by atoms with Gasteiger partial charge in [0.2, 0.25) is 4.77 Å². The van der Waals surface area contributed by atoms with E-state index in [-0.39, 0.29) is 11.5 Å². The lowest BCUT2D eigenvalue weighted by Gasteiger charge is -2.32. The molecule has 0 spiro atoms. The van der Waals surface area contributed by atoms with Crippen LogP contribution in [0.15, 0.2) is 60.9 Å². The predicted octanol–water partition coefficient (Wildman–Crippen LogP) is 4.75. The maximum atomic E-state index is 5.64. The first-order valence-corrected chi connectivity index (χ1v) is 9.39. The minimum absolute atomic E-state index is 0.0503. The monoisotopic (exact) mass is 382 g/mol. The van der Waals surface area contributed by atoms with Gasteiger partial charge < -0.3 is 4.74 Å². The van der Waals surface area contributed by atoms with Crippen LogP contribution < -0.4 is 10.1 Å². The summed E-state index contributed by atoms with van der Waals surface area (Å²) < 4.78 is 9.72. The first-order chi connectivity index (χ1) is 12.9. The summed E-state index contributed by atoms with van der Waals surface area (Å²) in [5.74, 6) is 0.762. The smallest absolute Gasteiger partial charge is 0.203 e. The second-order valence-electron chi connectivity index (χ2n) is 7.53. The first-order valence-electron chi connectivity index (χ1n) is 8.98. The predicted molar refractivity (Wildman–Crippen MR) is 111 cm³/mol. The molecule has 2 aromatic carbocycles. The van der Waals surface area contributed by atoms with Crippen molar-refractivity contribution >= 4 is 12.2 Å². The van der Waals surface area contributed by atoms with Crippen molar-refractivity contribution in [2.45, 2.75) is 33.5 Å². The second kappa shape index (κ2) is 8.06. The van der Waals surface area contributed by atoms with Crippen molar-refractivity contribution in [3.63, 3.8) is 0 Å². The van der Waals surface area contributed by atoms with Gasteiger partial charge in [-0.15, -0.1) is 0 Å². The first kappa shape index (κ1) is 19.3. The molecule has 0 fully saturated rings. The number of ether oxygens (including phenoxy) is 1. The van der Waals surface area contributed by atoms with Gasteiger partial charge in [0.15, 0.2) is 0 Å². The summed E-state index contributed by atoms with van der Waals surface area (Å²) in [6.45, 7) is 7.21. The number of aromatic nitrogens is 3. The molecule has 0 unspecified atom stereocenters. The molecule has 1 N–H and O–H groups in total. The molecule has 1 aromatic heterocycles. The van der Waals surface area contributed by atoms with Crippen molar-refractivity contribution < 1.29 is 4.74 Å². The molecule has 0 bridgehead atoms. The third kappa shape index (κ3) is 4.28. The van der Waals surface area contributed by atoms with Gasteiger partial charge in [-0.25, -0.2) is 4.68 Å². The molecule has 6 heteroatoms. The largest absolute Gasteiger partial charge is 0.495 e. The van der Waals surface area contributed by atoms with Crippen LogP contribution in [0.5, 0.6) is 5.75 Å². The summed E-state index contributed by atoms with van der Waals surface area (Å²) in [6, 6.07) is 18.4. The van der Waals surface area contributed by atoms with Crippen LogP contribution in [0.1, 0.15) is 32.4 Å². The minimum Gasteiger partial charge on any atom is -0.495 e. The Labute approximate surface area is 165 Å². The van der Waals surface area contributed by atoms with E-state index in [2.05, 4.69) is 55.5 Å². The van der Waals surface area contributed by atoms with E-state index in [1.807, 2.05) is 34.9 Å². The topological polar surface area (TPSA) is 44.0 Å². The molecule has 1 heterocycles. The van der Waals surface area contributed by atoms with E-state index in [0.29, 0.717) is 11.4 Å². The van der Waals surface area contributed by atoms with Crippen LogP contribution in [-0.4, -0.2) is 21.5 Å². The summed E-state index contributed by atoms with van der Waals surface area (Å²) in [5.41, 5.74) is 2.18. The molecule has 0 saturated heterocycles. The zero-order chi connectivity index (χ0) is 19.4. The highest BCUT2D eigenvalue weighted by atomic mass is 32.1. The van der Waals surface area contributed by atoms with Gasteiger partial charge >= 0.3 is 0 Å². The van der Waals surface area contributed by atoms with E-state index in [1.54, 1.807) is 18.1 Å². The average Bonchev–Trinajstić information content (AvgIpc) is 3.02. The Kier molecular flexibility index (Phi) is 5.77. The van der Waals surface area contributed by atoms with E-state index in [1.165, 1.54) is 5.56 Å². The van der Waals surface area contributed by atoms with Gasteiger partial charge in [0, 0.05) is 6.04 Å². The zero-order valence-electron chi connectivity index (χ0n) is 16.2. The summed E-state index contributed by atoms with van der Waals surface area (Å²) in [5, 5.41) is 8.09. The van der Waals surface area contributed by atoms with Crippen LogP contribution in [-0.2, 0) is 6.67 Å². The normalized spacial score (nSPS) is 12.7. The highest BCUT2D eigenvalue weighted by Crippen LogP contribution is 2.32. The molecule has 5 nitrogen and oxygen atoms in total. The van der Waals surface area contributed by atoms with Gasteiger partial charge in [-0.1, -0.05) is 63.2 Å². The Morgan fingerprint density at radius 3 is 2.41 bits per heavy atom. The average molecular weight is 383 g/mol. The minimum atomic E-state index is 0.0503. The number of rotatable bonds is 6. The van der Waals surface area contributed by atoms with Gasteiger partial charge in [0.1, 0.15) is 12.1 Å². The Balaban J connectivity index is 1.84. The Morgan fingerprint density at radius 2 is 1.74 bits per heavy atom. The lowest BCUT2D eigenvalue weighted by Crippen LogP contribution is -2.34. The standard InChI is InChI=1S/C21H26N4OS/c1-21(2,3)19(16-10-6-5-7-11-16)22-14-25-20(27)24(15-23-25)17-12-8-9-13-18(17)26-4/h5-13,15,19,22H,14H2,1-4H3/t19-/m1/s1. The highest BCUT2D eigenvalue weighted by molar-refractivity contribution is 7.71. The zero-order valence-corrected chi connectivity index (χ0v) is 17.0. The van der Waals surface area contributed by atoms with Gasteiger partial charge in [-0.3, -0.25) is 9.88 Å². The molecule has 3 aromatic rings. The fraction of sp³-hybridized carbons (Fsp3) is 0.333. The van der Waals surface area contributed by atoms with Crippen LogP contribution in [0.4, 0.5) is 0 Å². The van der Waals surface area contributed by atoms with E-state index in [0.717, 1.165) is 11.4 Å². The van der Waals surface area contributed by atoms with Gasteiger partial charge in [0.25, 0.3) is 0 Å². The molecule has 27 heavy (non-hydrogen) atoms. The van der Waals surface area contributed by atoms with Crippen LogP contribution in [0, 0.1) is 10.2 Å². The van der Waals surface area contributed by atoms with Crippen molar-refractivity contribution in [1.82, 2.24) is 19.7 Å². The Bertz CT molecular complexity index is 941.